The Balaban J connectivity index is 1.88. The number of phenolic OH excluding ortho intramolecular Hbond substituents is 1. The average molecular weight is 437 g/mol. The fourth-order valence-corrected chi connectivity index (χ4v) is 4.19. The molecule has 1 aromatic heterocycles. The highest BCUT2D eigenvalue weighted by Gasteiger charge is 2.42. The van der Waals surface area contributed by atoms with Crippen molar-refractivity contribution in [3.63, 3.8) is 0 Å². The van der Waals surface area contributed by atoms with E-state index in [1.165, 1.54) is 0 Å². The van der Waals surface area contributed by atoms with Gasteiger partial charge in [-0.25, -0.2) is 0 Å². The van der Waals surface area contributed by atoms with Crippen molar-refractivity contribution in [2.24, 2.45) is 0 Å². The van der Waals surface area contributed by atoms with Crippen molar-refractivity contribution in [1.29, 1.82) is 0 Å². The van der Waals surface area contributed by atoms with Crippen LogP contribution in [0, 0.1) is 6.92 Å². The van der Waals surface area contributed by atoms with E-state index in [2.05, 4.69) is 10.2 Å². The van der Waals surface area contributed by atoms with Gasteiger partial charge in [-0.2, -0.15) is 5.10 Å². The summed E-state index contributed by atoms with van der Waals surface area (Å²) >= 11 is 0. The van der Waals surface area contributed by atoms with E-state index in [1.54, 1.807) is 18.1 Å². The number of phenols is 1. The third-order valence-corrected chi connectivity index (χ3v) is 5.63. The van der Waals surface area contributed by atoms with Crippen LogP contribution >= 0.6 is 0 Å². The fourth-order valence-electron chi connectivity index (χ4n) is 4.19. The molecule has 0 aliphatic carbocycles. The molecule has 168 valence electrons. The van der Waals surface area contributed by atoms with E-state index in [9.17, 15) is 15.0 Å². The van der Waals surface area contributed by atoms with Crippen molar-refractivity contribution in [1.82, 2.24) is 15.1 Å². The van der Waals surface area contributed by atoms with Gasteiger partial charge in [0.1, 0.15) is 17.1 Å². The zero-order chi connectivity index (χ0) is 22.8. The third-order valence-electron chi connectivity index (χ3n) is 5.63. The number of H-pyrrole nitrogens is 1. The summed E-state index contributed by atoms with van der Waals surface area (Å²) in [4.78, 5) is 15.0. The van der Waals surface area contributed by atoms with E-state index in [4.69, 9.17) is 9.47 Å². The van der Waals surface area contributed by atoms with Gasteiger partial charge in [-0.05, 0) is 50.1 Å². The molecule has 0 unspecified atom stereocenters. The molecule has 0 saturated carbocycles. The van der Waals surface area contributed by atoms with E-state index in [0.29, 0.717) is 53.6 Å². The van der Waals surface area contributed by atoms with Crippen LogP contribution in [0.2, 0.25) is 0 Å². The lowest BCUT2D eigenvalue weighted by Crippen LogP contribution is -2.31. The number of aliphatic hydroxyl groups excluding tert-OH is 1. The first-order chi connectivity index (χ1) is 15.5. The third kappa shape index (κ3) is 3.67. The van der Waals surface area contributed by atoms with E-state index in [-0.39, 0.29) is 18.3 Å². The van der Waals surface area contributed by atoms with Gasteiger partial charge in [-0.3, -0.25) is 9.89 Å². The van der Waals surface area contributed by atoms with Gasteiger partial charge in [-0.1, -0.05) is 17.7 Å². The van der Waals surface area contributed by atoms with Crippen LogP contribution in [0.5, 0.6) is 17.2 Å². The summed E-state index contributed by atoms with van der Waals surface area (Å²) in [5.74, 6) is 1.08. The number of aliphatic hydroxyl groups is 1. The number of amides is 1. The minimum atomic E-state index is -0.456. The Morgan fingerprint density at radius 3 is 2.72 bits per heavy atom. The lowest BCUT2D eigenvalue weighted by molar-refractivity contribution is 0.0732. The van der Waals surface area contributed by atoms with Crippen LogP contribution in [0.15, 0.2) is 36.4 Å². The number of nitrogens with one attached hydrogen (secondary N) is 1. The molecular weight excluding hydrogens is 410 g/mol. The van der Waals surface area contributed by atoms with E-state index >= 15 is 0 Å². The molecule has 8 nitrogen and oxygen atoms in total. The molecule has 2 heterocycles. The summed E-state index contributed by atoms with van der Waals surface area (Å²) < 4.78 is 11.2. The number of aromatic amines is 1. The van der Waals surface area contributed by atoms with Gasteiger partial charge in [-0.15, -0.1) is 0 Å². The number of nitrogens with zero attached hydrogens (tertiary/aromatic N) is 2. The highest BCUT2D eigenvalue weighted by Crippen LogP contribution is 2.46. The molecule has 1 amide bonds. The smallest absolute Gasteiger partial charge is 0.273 e. The highest BCUT2D eigenvalue weighted by atomic mass is 16.5. The highest BCUT2D eigenvalue weighted by molar-refractivity contribution is 6.00. The van der Waals surface area contributed by atoms with Crippen molar-refractivity contribution in [2.45, 2.75) is 26.3 Å². The summed E-state index contributed by atoms with van der Waals surface area (Å²) in [6.07, 6.45) is 0.444. The first-order valence-corrected chi connectivity index (χ1v) is 10.6. The average Bonchev–Trinajstić information content (AvgIpc) is 3.33. The van der Waals surface area contributed by atoms with Crippen LogP contribution in [-0.4, -0.2) is 58.1 Å². The molecule has 4 rings (SSSR count). The van der Waals surface area contributed by atoms with Gasteiger partial charge in [0.15, 0.2) is 11.5 Å². The molecule has 1 aliphatic rings. The van der Waals surface area contributed by atoms with Crippen LogP contribution in [-0.2, 0) is 0 Å². The van der Waals surface area contributed by atoms with E-state index < -0.39 is 6.04 Å². The molecule has 32 heavy (non-hydrogen) atoms. The van der Waals surface area contributed by atoms with Crippen LogP contribution in [0.4, 0.5) is 0 Å². The zero-order valence-electron chi connectivity index (χ0n) is 18.4. The normalized spacial score (nSPS) is 15.2. The topological polar surface area (TPSA) is 108 Å². The molecule has 0 saturated heterocycles. The van der Waals surface area contributed by atoms with E-state index in [0.717, 1.165) is 11.1 Å². The van der Waals surface area contributed by atoms with Crippen molar-refractivity contribution in [2.75, 3.05) is 26.9 Å². The number of carbonyl (C=O) groups is 1. The maximum atomic E-state index is 13.3. The van der Waals surface area contributed by atoms with Gasteiger partial charge in [0.05, 0.1) is 19.8 Å². The number of rotatable bonds is 8. The maximum absolute atomic E-state index is 13.3. The van der Waals surface area contributed by atoms with Crippen molar-refractivity contribution < 1.29 is 24.5 Å². The van der Waals surface area contributed by atoms with Crippen molar-refractivity contribution >= 4 is 5.91 Å². The quantitative estimate of drug-likeness (QED) is 0.498. The number of hydrogen-bond acceptors (Lipinski definition) is 6. The second-order valence-corrected chi connectivity index (χ2v) is 7.70. The molecule has 1 aliphatic heterocycles. The predicted octanol–water partition coefficient (Wildman–Crippen LogP) is 3.43. The number of benzene rings is 2. The number of carbonyl (C=O) groups excluding carboxylic acids is 1. The Labute approximate surface area is 186 Å². The van der Waals surface area contributed by atoms with E-state index in [1.807, 2.05) is 44.2 Å². The summed E-state index contributed by atoms with van der Waals surface area (Å²) in [6.45, 7) is 4.68. The van der Waals surface area contributed by atoms with Gasteiger partial charge in [0.2, 0.25) is 0 Å². The standard InChI is InChI=1S/C24H27N3O5/c1-4-32-18-9-7-15(13-19(18)31-3)23-20-21(16-12-14(2)6-8-17(16)29)25-26-22(20)24(30)27(23)10-5-11-28/h6-9,12-13,23,28-29H,4-5,10-11H2,1-3H3,(H,25,26)/t23-/m0/s1. The van der Waals surface area contributed by atoms with Crippen LogP contribution < -0.4 is 9.47 Å². The number of aromatic nitrogens is 2. The van der Waals surface area contributed by atoms with Crippen molar-refractivity contribution in [3.8, 4) is 28.5 Å². The summed E-state index contributed by atoms with van der Waals surface area (Å²) in [7, 11) is 1.57. The first-order valence-electron chi connectivity index (χ1n) is 10.6. The molecule has 0 radical (unpaired) electrons. The molecule has 8 heteroatoms. The molecule has 2 aromatic carbocycles. The molecule has 1 atom stereocenters. The minimum Gasteiger partial charge on any atom is -0.507 e. The maximum Gasteiger partial charge on any atom is 0.273 e. The number of hydrogen-bond donors (Lipinski definition) is 3. The Morgan fingerprint density at radius 1 is 1.19 bits per heavy atom. The Hall–Kier alpha value is -3.52. The van der Waals surface area contributed by atoms with Gasteiger partial charge < -0.3 is 24.6 Å². The molecule has 0 spiro atoms. The molecule has 3 N–H and O–H groups in total. The second kappa shape index (κ2) is 8.92. The second-order valence-electron chi connectivity index (χ2n) is 7.70. The van der Waals surface area contributed by atoms with Gasteiger partial charge in [0, 0.05) is 24.3 Å². The van der Waals surface area contributed by atoms with Gasteiger partial charge in [0.25, 0.3) is 5.91 Å². The fraction of sp³-hybridized carbons (Fsp3) is 0.333. The number of aryl methyl sites for hydroxylation is 1. The summed E-state index contributed by atoms with van der Waals surface area (Å²) in [5, 5.41) is 27.2. The molecule has 3 aromatic rings. The Kier molecular flexibility index (Phi) is 6.05. The predicted molar refractivity (Wildman–Crippen MR) is 119 cm³/mol. The lowest BCUT2D eigenvalue weighted by atomic mass is 9.94. The summed E-state index contributed by atoms with van der Waals surface area (Å²) in [5.41, 5.74) is 3.96. The zero-order valence-corrected chi connectivity index (χ0v) is 18.4. The van der Waals surface area contributed by atoms with Crippen LogP contribution in [0.3, 0.4) is 0 Å². The van der Waals surface area contributed by atoms with Crippen LogP contribution in [0.25, 0.3) is 11.3 Å². The number of aromatic hydroxyl groups is 1. The van der Waals surface area contributed by atoms with Crippen molar-refractivity contribution in [3.05, 3.63) is 58.8 Å². The number of ether oxygens (including phenoxy) is 2. The van der Waals surface area contributed by atoms with Crippen LogP contribution in [0.1, 0.15) is 46.6 Å². The molecule has 0 bridgehead atoms. The minimum absolute atomic E-state index is 0.0270. The largest absolute Gasteiger partial charge is 0.507 e. The Bertz CT molecular complexity index is 1140. The first kappa shape index (κ1) is 21.7. The Morgan fingerprint density at radius 2 is 2.00 bits per heavy atom. The molecular formula is C24H27N3O5. The summed E-state index contributed by atoms with van der Waals surface area (Å²) in [6, 6.07) is 10.4. The lowest BCUT2D eigenvalue weighted by Gasteiger charge is -2.27. The number of methoxy groups -OCH3 is 1. The monoisotopic (exact) mass is 437 g/mol. The number of fused-ring (bicyclic) bond motifs is 1. The van der Waals surface area contributed by atoms with Gasteiger partial charge >= 0.3 is 0 Å². The SMILES string of the molecule is CCOc1ccc([C@H]2c3c(-c4cc(C)ccc4O)n[nH]c3C(=O)N2CCCO)cc1OC. The molecule has 0 fully saturated rings.